The molecule has 0 aliphatic rings. The quantitative estimate of drug-likeness (QED) is 0.711. The van der Waals surface area contributed by atoms with Crippen LogP contribution >= 0.6 is 0 Å². The molecule has 0 aromatic carbocycles. The van der Waals surface area contributed by atoms with Crippen LogP contribution in [0.2, 0.25) is 0 Å². The minimum Gasteiger partial charge on any atom is -0.469 e. The molecule has 3 N–H and O–H groups in total. The van der Waals surface area contributed by atoms with Crippen LogP contribution in [0.4, 0.5) is 0 Å². The van der Waals surface area contributed by atoms with E-state index >= 15 is 0 Å². The van der Waals surface area contributed by atoms with Gasteiger partial charge in [0.05, 0.1) is 6.26 Å². The van der Waals surface area contributed by atoms with Crippen molar-refractivity contribution >= 4 is 0 Å². The van der Waals surface area contributed by atoms with Crippen molar-refractivity contribution in [2.45, 2.75) is 39.2 Å². The van der Waals surface area contributed by atoms with E-state index in [2.05, 4.69) is 19.2 Å². The highest BCUT2D eigenvalue weighted by molar-refractivity contribution is 4.99. The second kappa shape index (κ2) is 7.47. The van der Waals surface area contributed by atoms with Gasteiger partial charge in [-0.3, -0.25) is 0 Å². The van der Waals surface area contributed by atoms with Crippen LogP contribution in [0.5, 0.6) is 0 Å². The number of rotatable bonds is 8. The van der Waals surface area contributed by atoms with Crippen LogP contribution < -0.4 is 11.1 Å². The number of nitrogens with one attached hydrogen (secondary N) is 1. The van der Waals surface area contributed by atoms with Crippen molar-refractivity contribution < 1.29 is 4.42 Å². The van der Waals surface area contributed by atoms with E-state index in [-0.39, 0.29) is 0 Å². The predicted molar refractivity (Wildman–Crippen MR) is 67.3 cm³/mol. The van der Waals surface area contributed by atoms with Crippen LogP contribution in [-0.2, 0) is 6.42 Å². The Balaban J connectivity index is 2.12. The first-order valence-electron chi connectivity index (χ1n) is 6.18. The molecular formula is C13H24N2O. The van der Waals surface area contributed by atoms with Crippen molar-refractivity contribution in [2.75, 3.05) is 13.1 Å². The van der Waals surface area contributed by atoms with Crippen LogP contribution in [0, 0.1) is 5.92 Å². The second-order valence-electron chi connectivity index (χ2n) is 4.63. The molecule has 1 rings (SSSR count). The first kappa shape index (κ1) is 13.3. The zero-order chi connectivity index (χ0) is 11.8. The molecule has 16 heavy (non-hydrogen) atoms. The Bertz CT molecular complexity index is 259. The van der Waals surface area contributed by atoms with Crippen molar-refractivity contribution in [3.63, 3.8) is 0 Å². The average molecular weight is 224 g/mol. The summed E-state index contributed by atoms with van der Waals surface area (Å²) in [6, 6.07) is 4.42. The number of hydrogen-bond donors (Lipinski definition) is 2. The SMILES string of the molecule is CC(CCCN)CNC(C)Cc1ccco1. The van der Waals surface area contributed by atoms with Gasteiger partial charge >= 0.3 is 0 Å². The van der Waals surface area contributed by atoms with Crippen molar-refractivity contribution in [1.82, 2.24) is 5.32 Å². The van der Waals surface area contributed by atoms with Gasteiger partial charge in [-0.1, -0.05) is 6.92 Å². The third-order valence-electron chi connectivity index (χ3n) is 2.80. The summed E-state index contributed by atoms with van der Waals surface area (Å²) in [5.41, 5.74) is 5.49. The fourth-order valence-corrected chi connectivity index (χ4v) is 1.77. The van der Waals surface area contributed by atoms with Crippen LogP contribution in [0.1, 0.15) is 32.4 Å². The Morgan fingerprint density at radius 2 is 2.25 bits per heavy atom. The fraction of sp³-hybridized carbons (Fsp3) is 0.692. The molecule has 92 valence electrons. The lowest BCUT2D eigenvalue weighted by atomic mass is 10.0. The summed E-state index contributed by atoms with van der Waals surface area (Å²) in [6.45, 7) is 6.31. The molecule has 0 amide bonds. The van der Waals surface area contributed by atoms with Crippen LogP contribution in [0.3, 0.4) is 0 Å². The van der Waals surface area contributed by atoms with Gasteiger partial charge in [0.15, 0.2) is 0 Å². The maximum atomic E-state index is 5.49. The minimum atomic E-state index is 0.464. The monoisotopic (exact) mass is 224 g/mol. The molecule has 0 radical (unpaired) electrons. The standard InChI is InChI=1S/C13H24N2O/c1-11(5-3-7-14)10-15-12(2)9-13-6-4-8-16-13/h4,6,8,11-12,15H,3,5,7,9-10,14H2,1-2H3. The Morgan fingerprint density at radius 3 is 2.88 bits per heavy atom. The van der Waals surface area contributed by atoms with E-state index in [1.165, 1.54) is 6.42 Å². The van der Waals surface area contributed by atoms with Gasteiger partial charge in [-0.15, -0.1) is 0 Å². The third kappa shape index (κ3) is 5.33. The van der Waals surface area contributed by atoms with E-state index in [0.29, 0.717) is 12.0 Å². The second-order valence-corrected chi connectivity index (χ2v) is 4.63. The Morgan fingerprint density at radius 1 is 1.44 bits per heavy atom. The van der Waals surface area contributed by atoms with Gasteiger partial charge in [0, 0.05) is 12.5 Å². The van der Waals surface area contributed by atoms with Crippen LogP contribution in [0.25, 0.3) is 0 Å². The zero-order valence-corrected chi connectivity index (χ0v) is 10.4. The van der Waals surface area contributed by atoms with Gasteiger partial charge in [0.1, 0.15) is 5.76 Å². The van der Waals surface area contributed by atoms with Crippen molar-refractivity contribution in [1.29, 1.82) is 0 Å². The Kier molecular flexibility index (Phi) is 6.19. The van der Waals surface area contributed by atoms with Crippen molar-refractivity contribution in [3.8, 4) is 0 Å². The summed E-state index contributed by atoms with van der Waals surface area (Å²) in [5, 5.41) is 3.53. The van der Waals surface area contributed by atoms with Gasteiger partial charge in [0.2, 0.25) is 0 Å². The van der Waals surface area contributed by atoms with Gasteiger partial charge in [0.25, 0.3) is 0 Å². The Labute approximate surface area is 98.4 Å². The van der Waals surface area contributed by atoms with Crippen molar-refractivity contribution in [3.05, 3.63) is 24.2 Å². The van der Waals surface area contributed by atoms with E-state index in [9.17, 15) is 0 Å². The molecule has 1 aromatic heterocycles. The van der Waals surface area contributed by atoms with Crippen LogP contribution in [-0.4, -0.2) is 19.1 Å². The molecule has 2 unspecified atom stereocenters. The van der Waals surface area contributed by atoms with Crippen LogP contribution in [0.15, 0.2) is 22.8 Å². The molecule has 3 heteroatoms. The molecule has 3 nitrogen and oxygen atoms in total. The molecule has 0 fully saturated rings. The lowest BCUT2D eigenvalue weighted by Gasteiger charge is -2.16. The van der Waals surface area contributed by atoms with Gasteiger partial charge < -0.3 is 15.5 Å². The normalized spacial score (nSPS) is 14.9. The number of hydrogen-bond acceptors (Lipinski definition) is 3. The molecule has 0 spiro atoms. The molecule has 1 heterocycles. The molecule has 0 bridgehead atoms. The summed E-state index contributed by atoms with van der Waals surface area (Å²) >= 11 is 0. The van der Waals surface area contributed by atoms with E-state index in [1.807, 2.05) is 12.1 Å². The lowest BCUT2D eigenvalue weighted by Crippen LogP contribution is -2.32. The Hall–Kier alpha value is -0.800. The highest BCUT2D eigenvalue weighted by Crippen LogP contribution is 2.06. The van der Waals surface area contributed by atoms with E-state index < -0.39 is 0 Å². The van der Waals surface area contributed by atoms with Gasteiger partial charge in [-0.25, -0.2) is 0 Å². The zero-order valence-electron chi connectivity index (χ0n) is 10.4. The van der Waals surface area contributed by atoms with Gasteiger partial charge in [-0.05, 0) is 50.9 Å². The lowest BCUT2D eigenvalue weighted by molar-refractivity contribution is 0.410. The molecule has 0 saturated heterocycles. The maximum absolute atomic E-state index is 5.49. The summed E-state index contributed by atoms with van der Waals surface area (Å²) in [7, 11) is 0. The first-order valence-corrected chi connectivity index (χ1v) is 6.18. The molecule has 0 aliphatic heterocycles. The smallest absolute Gasteiger partial charge is 0.105 e. The molecule has 1 aromatic rings. The minimum absolute atomic E-state index is 0.464. The average Bonchev–Trinajstić information content (AvgIpc) is 2.76. The molecule has 2 atom stereocenters. The van der Waals surface area contributed by atoms with E-state index in [0.717, 1.165) is 31.7 Å². The van der Waals surface area contributed by atoms with E-state index in [1.54, 1.807) is 6.26 Å². The molecule has 0 saturated carbocycles. The summed E-state index contributed by atoms with van der Waals surface area (Å²) in [4.78, 5) is 0. The van der Waals surface area contributed by atoms with Gasteiger partial charge in [-0.2, -0.15) is 0 Å². The fourth-order valence-electron chi connectivity index (χ4n) is 1.77. The summed E-state index contributed by atoms with van der Waals surface area (Å²) < 4.78 is 5.32. The maximum Gasteiger partial charge on any atom is 0.105 e. The molecule has 0 aliphatic carbocycles. The van der Waals surface area contributed by atoms with E-state index in [4.69, 9.17) is 10.2 Å². The highest BCUT2D eigenvalue weighted by Gasteiger charge is 2.07. The number of furan rings is 1. The van der Waals surface area contributed by atoms with Crippen molar-refractivity contribution in [2.24, 2.45) is 11.7 Å². The summed E-state index contributed by atoms with van der Waals surface area (Å²) in [6.07, 6.45) is 5.01. The predicted octanol–water partition coefficient (Wildman–Crippen LogP) is 2.18. The third-order valence-corrected chi connectivity index (χ3v) is 2.80. The first-order chi connectivity index (χ1) is 7.72. The topological polar surface area (TPSA) is 51.2 Å². The molecular weight excluding hydrogens is 200 g/mol. The highest BCUT2D eigenvalue weighted by atomic mass is 16.3. The summed E-state index contributed by atoms with van der Waals surface area (Å²) in [5.74, 6) is 1.75. The number of nitrogens with two attached hydrogens (primary N) is 1. The largest absolute Gasteiger partial charge is 0.469 e.